The molecular weight excluding hydrogens is 345 g/mol. The van der Waals surface area contributed by atoms with Crippen molar-refractivity contribution in [3.63, 3.8) is 0 Å². The minimum Gasteiger partial charge on any atom is -0.507 e. The Morgan fingerprint density at radius 1 is 1.44 bits per heavy atom. The lowest BCUT2D eigenvalue weighted by Gasteiger charge is -2.31. The molecule has 1 heterocycles. The first-order valence-corrected chi connectivity index (χ1v) is 7.00. The van der Waals surface area contributed by atoms with Crippen LogP contribution < -0.4 is 0 Å². The maximum Gasteiger partial charge on any atom is 0.253 e. The zero-order chi connectivity index (χ0) is 13.1. The second-order valence-electron chi connectivity index (χ2n) is 4.39. The predicted molar refractivity (Wildman–Crippen MR) is 76.8 cm³/mol. The Balaban J connectivity index is 2.05. The van der Waals surface area contributed by atoms with Gasteiger partial charge in [-0.05, 0) is 53.6 Å². The van der Waals surface area contributed by atoms with E-state index in [1.165, 1.54) is 6.07 Å². The van der Waals surface area contributed by atoms with E-state index in [-0.39, 0.29) is 17.8 Å². The Morgan fingerprint density at radius 2 is 2.11 bits per heavy atom. The van der Waals surface area contributed by atoms with Crippen molar-refractivity contribution in [3.8, 4) is 5.75 Å². The normalized spacial score (nSPS) is 16.9. The number of phenolic OH excluding ortho intramolecular Hbond substituents is 1. The summed E-state index contributed by atoms with van der Waals surface area (Å²) in [6.07, 6.45) is 2.01. The third-order valence-electron chi connectivity index (χ3n) is 3.26. The van der Waals surface area contributed by atoms with Crippen molar-refractivity contribution in [1.29, 1.82) is 0 Å². The number of hydrogen-bond acceptors (Lipinski definition) is 3. The number of aromatic hydroxyl groups is 1. The molecule has 1 aliphatic rings. The summed E-state index contributed by atoms with van der Waals surface area (Å²) in [5.74, 6) is 0.143. The van der Waals surface area contributed by atoms with Gasteiger partial charge in [0.25, 0.3) is 5.91 Å². The van der Waals surface area contributed by atoms with Gasteiger partial charge in [0, 0.05) is 25.8 Å². The number of methoxy groups -OCH3 is 1. The van der Waals surface area contributed by atoms with E-state index in [0.29, 0.717) is 18.7 Å². The molecule has 0 spiro atoms. The van der Waals surface area contributed by atoms with Crippen molar-refractivity contribution in [3.05, 3.63) is 27.3 Å². The summed E-state index contributed by atoms with van der Waals surface area (Å²) in [7, 11) is 1.71. The van der Waals surface area contributed by atoms with Gasteiger partial charge < -0.3 is 14.7 Å². The lowest BCUT2D eigenvalue weighted by atomic mass is 10.1. The average Bonchev–Trinajstić information content (AvgIpc) is 2.41. The Kier molecular flexibility index (Phi) is 4.45. The second-order valence-corrected chi connectivity index (χ2v) is 5.56. The van der Waals surface area contributed by atoms with Gasteiger partial charge in [-0.2, -0.15) is 0 Å². The summed E-state index contributed by atoms with van der Waals surface area (Å²) in [6.45, 7) is 1.42. The third kappa shape index (κ3) is 2.95. The third-order valence-corrected chi connectivity index (χ3v) is 4.17. The van der Waals surface area contributed by atoms with Crippen LogP contribution in [-0.4, -0.2) is 42.2 Å². The van der Waals surface area contributed by atoms with E-state index in [9.17, 15) is 9.90 Å². The van der Waals surface area contributed by atoms with Crippen LogP contribution in [0.1, 0.15) is 23.2 Å². The summed E-state index contributed by atoms with van der Waals surface area (Å²) < 4.78 is 6.03. The average molecular weight is 361 g/mol. The monoisotopic (exact) mass is 361 g/mol. The maximum absolute atomic E-state index is 12.2. The molecular formula is C13H16INO3. The van der Waals surface area contributed by atoms with Crippen molar-refractivity contribution in [1.82, 2.24) is 4.90 Å². The van der Waals surface area contributed by atoms with E-state index in [1.807, 2.05) is 27.5 Å². The van der Waals surface area contributed by atoms with Gasteiger partial charge in [0.2, 0.25) is 0 Å². The summed E-state index contributed by atoms with van der Waals surface area (Å²) in [6, 6.07) is 5.05. The van der Waals surface area contributed by atoms with E-state index in [2.05, 4.69) is 0 Å². The number of halogens is 1. The number of nitrogens with zero attached hydrogens (tertiary/aromatic N) is 1. The topological polar surface area (TPSA) is 49.8 Å². The highest BCUT2D eigenvalue weighted by atomic mass is 127. The Hall–Kier alpha value is -0.820. The van der Waals surface area contributed by atoms with Crippen molar-refractivity contribution < 1.29 is 14.6 Å². The number of hydrogen-bond donors (Lipinski definition) is 1. The molecule has 0 bridgehead atoms. The Labute approximate surface area is 120 Å². The molecule has 1 aromatic carbocycles. The van der Waals surface area contributed by atoms with Crippen molar-refractivity contribution >= 4 is 28.5 Å². The number of carbonyl (C=O) groups excluding carboxylic acids is 1. The van der Waals surface area contributed by atoms with Gasteiger partial charge in [-0.25, -0.2) is 0 Å². The minimum atomic E-state index is -0.0174. The molecule has 0 aromatic heterocycles. The molecule has 1 aromatic rings. The van der Waals surface area contributed by atoms with Crippen LogP contribution in [0, 0.1) is 3.57 Å². The van der Waals surface area contributed by atoms with Gasteiger partial charge in [-0.15, -0.1) is 0 Å². The van der Waals surface area contributed by atoms with Crippen molar-refractivity contribution in [2.24, 2.45) is 0 Å². The zero-order valence-electron chi connectivity index (χ0n) is 10.2. The van der Waals surface area contributed by atoms with Crippen LogP contribution in [0.4, 0.5) is 0 Å². The number of carbonyl (C=O) groups is 1. The second kappa shape index (κ2) is 5.88. The van der Waals surface area contributed by atoms with E-state index in [1.54, 1.807) is 19.2 Å². The zero-order valence-corrected chi connectivity index (χ0v) is 12.4. The lowest BCUT2D eigenvalue weighted by molar-refractivity contribution is 0.0350. The SMILES string of the molecule is COC1CCN(C(=O)c2ccc(I)c(O)c2)CC1. The van der Waals surface area contributed by atoms with Gasteiger partial charge in [0.15, 0.2) is 0 Å². The highest BCUT2D eigenvalue weighted by molar-refractivity contribution is 14.1. The van der Waals surface area contributed by atoms with Gasteiger partial charge in [-0.3, -0.25) is 4.79 Å². The van der Waals surface area contributed by atoms with Crippen LogP contribution in [0.5, 0.6) is 5.75 Å². The number of rotatable bonds is 2. The highest BCUT2D eigenvalue weighted by Gasteiger charge is 2.23. The molecule has 0 saturated carbocycles. The summed E-state index contributed by atoms with van der Waals surface area (Å²) in [4.78, 5) is 14.0. The first-order chi connectivity index (χ1) is 8.61. The fraction of sp³-hybridized carbons (Fsp3) is 0.462. The van der Waals surface area contributed by atoms with Gasteiger partial charge in [0.05, 0.1) is 9.67 Å². The predicted octanol–water partition coefficient (Wildman–Crippen LogP) is 2.25. The molecule has 0 radical (unpaired) electrons. The molecule has 2 rings (SSSR count). The van der Waals surface area contributed by atoms with E-state index >= 15 is 0 Å². The summed E-state index contributed by atoms with van der Waals surface area (Å²) in [5, 5.41) is 9.63. The van der Waals surface area contributed by atoms with Crippen LogP contribution >= 0.6 is 22.6 Å². The molecule has 4 nitrogen and oxygen atoms in total. The number of phenols is 1. The van der Waals surface area contributed by atoms with Gasteiger partial charge >= 0.3 is 0 Å². The van der Waals surface area contributed by atoms with Crippen LogP contribution in [-0.2, 0) is 4.74 Å². The molecule has 0 aliphatic carbocycles. The lowest BCUT2D eigenvalue weighted by Crippen LogP contribution is -2.40. The van der Waals surface area contributed by atoms with Crippen LogP contribution in [0.25, 0.3) is 0 Å². The molecule has 98 valence electrons. The summed E-state index contributed by atoms with van der Waals surface area (Å²) >= 11 is 2.04. The smallest absolute Gasteiger partial charge is 0.253 e. The van der Waals surface area contributed by atoms with E-state index in [4.69, 9.17) is 4.74 Å². The van der Waals surface area contributed by atoms with E-state index in [0.717, 1.165) is 16.4 Å². The maximum atomic E-state index is 12.2. The first-order valence-electron chi connectivity index (χ1n) is 5.92. The molecule has 1 amide bonds. The largest absolute Gasteiger partial charge is 0.507 e. The fourth-order valence-corrected chi connectivity index (χ4v) is 2.46. The van der Waals surface area contributed by atoms with E-state index < -0.39 is 0 Å². The fourth-order valence-electron chi connectivity index (χ4n) is 2.12. The standard InChI is InChI=1S/C13H16INO3/c1-18-10-4-6-15(7-5-10)13(17)9-2-3-11(14)12(16)8-9/h2-3,8,10,16H,4-7H2,1H3. The van der Waals surface area contributed by atoms with Crippen LogP contribution in [0.15, 0.2) is 18.2 Å². The Bertz CT molecular complexity index is 442. The number of piperidine rings is 1. The molecule has 0 unspecified atom stereocenters. The molecule has 1 saturated heterocycles. The summed E-state index contributed by atoms with van der Waals surface area (Å²) in [5.41, 5.74) is 0.545. The van der Waals surface area contributed by atoms with Crippen LogP contribution in [0.3, 0.4) is 0 Å². The highest BCUT2D eigenvalue weighted by Crippen LogP contribution is 2.22. The number of likely N-dealkylation sites (tertiary alicyclic amines) is 1. The van der Waals surface area contributed by atoms with Crippen LogP contribution in [0.2, 0.25) is 0 Å². The molecule has 1 aliphatic heterocycles. The molecule has 0 atom stereocenters. The van der Waals surface area contributed by atoms with Crippen molar-refractivity contribution in [2.75, 3.05) is 20.2 Å². The van der Waals surface area contributed by atoms with Crippen molar-refractivity contribution in [2.45, 2.75) is 18.9 Å². The molecule has 1 N–H and O–H groups in total. The molecule has 5 heteroatoms. The minimum absolute atomic E-state index is 0.0174. The van der Waals surface area contributed by atoms with Gasteiger partial charge in [0.1, 0.15) is 5.75 Å². The molecule has 18 heavy (non-hydrogen) atoms. The Morgan fingerprint density at radius 3 is 2.67 bits per heavy atom. The number of ether oxygens (including phenoxy) is 1. The first kappa shape index (κ1) is 13.6. The quantitative estimate of drug-likeness (QED) is 0.823. The number of amides is 1. The number of benzene rings is 1. The molecule has 1 fully saturated rings. The van der Waals surface area contributed by atoms with Gasteiger partial charge in [-0.1, -0.05) is 0 Å².